The van der Waals surface area contributed by atoms with Gasteiger partial charge in [0, 0.05) is 51.8 Å². The summed E-state index contributed by atoms with van der Waals surface area (Å²) in [6.45, 7) is 9.23. The van der Waals surface area contributed by atoms with Crippen LogP contribution in [0.2, 0.25) is 0 Å². The van der Waals surface area contributed by atoms with Gasteiger partial charge < -0.3 is 4.90 Å². The lowest BCUT2D eigenvalue weighted by Crippen LogP contribution is -2.29. The Kier molecular flexibility index (Phi) is 9.84. The molecule has 0 bridgehead atoms. The van der Waals surface area contributed by atoms with Crippen molar-refractivity contribution in [2.24, 2.45) is 11.3 Å². The van der Waals surface area contributed by atoms with Crippen LogP contribution in [0.15, 0.2) is 24.4 Å². The zero-order valence-corrected chi connectivity index (χ0v) is 28.1. The van der Waals surface area contributed by atoms with E-state index in [4.69, 9.17) is 9.97 Å². The number of carbonyl (C=O) groups excluding carboxylic acids is 2. The fourth-order valence-corrected chi connectivity index (χ4v) is 7.54. The van der Waals surface area contributed by atoms with Gasteiger partial charge in [-0.25, -0.2) is 15.0 Å². The summed E-state index contributed by atoms with van der Waals surface area (Å²) in [5.41, 5.74) is 4.26. The number of aryl methyl sites for hydroxylation is 1. The second kappa shape index (κ2) is 13.3. The Hall–Kier alpha value is -2.80. The first-order chi connectivity index (χ1) is 20.8. The maximum Gasteiger partial charge on any atom is 0.302 e. The van der Waals surface area contributed by atoms with E-state index >= 15 is 0 Å². The number of rotatable bonds is 10. The summed E-state index contributed by atoms with van der Waals surface area (Å²) in [6.07, 6.45) is 7.70. The lowest BCUT2D eigenvalue weighted by Gasteiger charge is -2.34. The maximum atomic E-state index is 13.7. The number of pyridine rings is 2. The molecule has 44 heavy (non-hydrogen) atoms. The molecule has 0 saturated carbocycles. The van der Waals surface area contributed by atoms with Crippen LogP contribution < -0.4 is 4.72 Å². The van der Waals surface area contributed by atoms with Gasteiger partial charge in [-0.05, 0) is 85.7 Å². The second-order valence-corrected chi connectivity index (χ2v) is 16.3. The van der Waals surface area contributed by atoms with Crippen molar-refractivity contribution in [1.29, 1.82) is 0 Å². The smallest absolute Gasteiger partial charge is 0.302 e. The van der Waals surface area contributed by atoms with Gasteiger partial charge in [0.2, 0.25) is 0 Å². The van der Waals surface area contributed by atoms with Crippen LogP contribution in [0.5, 0.6) is 0 Å². The monoisotopic (exact) mass is 640 g/mol. The molecule has 2 aliphatic rings. The van der Waals surface area contributed by atoms with Crippen molar-refractivity contribution in [3.63, 3.8) is 0 Å². The number of nitrogens with one attached hydrogen (secondary N) is 1. The molecule has 0 amide bonds. The van der Waals surface area contributed by atoms with Gasteiger partial charge >= 0.3 is 10.2 Å². The molecule has 10 nitrogen and oxygen atoms in total. The lowest BCUT2D eigenvalue weighted by atomic mass is 9.71. The molecule has 3 aromatic rings. The van der Waals surface area contributed by atoms with Crippen LogP contribution in [0.3, 0.4) is 0 Å². The molecule has 4 heterocycles. The van der Waals surface area contributed by atoms with Gasteiger partial charge in [0.05, 0.1) is 0 Å². The molecule has 1 N–H and O–H groups in total. The number of aromatic nitrogens is 3. The minimum absolute atomic E-state index is 0.0352. The number of thiazole rings is 1. The lowest BCUT2D eigenvalue weighted by molar-refractivity contribution is -0.118. The topological polar surface area (TPSA) is 125 Å². The molecule has 5 rings (SSSR count). The highest BCUT2D eigenvalue weighted by Crippen LogP contribution is 2.38. The molecule has 2 atom stereocenters. The van der Waals surface area contributed by atoms with Crippen molar-refractivity contribution >= 4 is 49.3 Å². The van der Waals surface area contributed by atoms with Gasteiger partial charge in [0.1, 0.15) is 21.9 Å². The predicted molar refractivity (Wildman–Crippen MR) is 174 cm³/mol. The molecule has 0 unspecified atom stereocenters. The molecule has 0 radical (unpaired) electrons. The Morgan fingerprint density at radius 3 is 2.66 bits per heavy atom. The van der Waals surface area contributed by atoms with Crippen molar-refractivity contribution < 1.29 is 18.0 Å². The third-order valence-electron chi connectivity index (χ3n) is 9.05. The second-order valence-electron chi connectivity index (χ2n) is 13.5. The first-order valence-corrected chi connectivity index (χ1v) is 17.8. The van der Waals surface area contributed by atoms with Crippen LogP contribution in [0.1, 0.15) is 91.8 Å². The predicted octanol–water partition coefficient (Wildman–Crippen LogP) is 5.26. The highest BCUT2D eigenvalue weighted by Gasteiger charge is 2.30. The normalized spacial score (nSPS) is 19.1. The minimum atomic E-state index is -3.68. The molecule has 3 aromatic heterocycles. The summed E-state index contributed by atoms with van der Waals surface area (Å²) in [6, 6.07) is 5.61. The van der Waals surface area contributed by atoms with E-state index < -0.39 is 10.2 Å². The summed E-state index contributed by atoms with van der Waals surface area (Å²) >= 11 is 1.37. The first-order valence-electron chi connectivity index (χ1n) is 15.5. The Bertz CT molecular complexity index is 1610. The van der Waals surface area contributed by atoms with Gasteiger partial charge in [-0.3, -0.25) is 14.3 Å². The number of hydrogen-bond acceptors (Lipinski definition) is 9. The molecular formula is C32H44N6O4S2. The molecular weight excluding hydrogens is 597 g/mol. The van der Waals surface area contributed by atoms with E-state index in [1.54, 1.807) is 12.3 Å². The van der Waals surface area contributed by atoms with E-state index in [0.29, 0.717) is 36.0 Å². The van der Waals surface area contributed by atoms with Crippen LogP contribution >= 0.6 is 11.3 Å². The first kappa shape index (κ1) is 32.6. The Morgan fingerprint density at radius 1 is 1.16 bits per heavy atom. The van der Waals surface area contributed by atoms with Crippen LogP contribution in [0.4, 0.5) is 5.82 Å². The van der Waals surface area contributed by atoms with Gasteiger partial charge in [-0.2, -0.15) is 12.7 Å². The van der Waals surface area contributed by atoms with Gasteiger partial charge in [0.25, 0.3) is 0 Å². The van der Waals surface area contributed by atoms with Crippen LogP contribution in [0, 0.1) is 11.3 Å². The third-order valence-corrected chi connectivity index (χ3v) is 11.5. The third kappa shape index (κ3) is 7.88. The number of carbonyl (C=O) groups is 2. The molecule has 238 valence electrons. The van der Waals surface area contributed by atoms with Gasteiger partial charge in [-0.15, -0.1) is 0 Å². The average Bonchev–Trinajstić information content (AvgIpc) is 3.27. The fraction of sp³-hybridized carbons (Fsp3) is 0.594. The Labute approximate surface area is 264 Å². The Morgan fingerprint density at radius 2 is 1.95 bits per heavy atom. The van der Waals surface area contributed by atoms with Crippen LogP contribution in [0.25, 0.3) is 10.3 Å². The van der Waals surface area contributed by atoms with Crippen LogP contribution in [-0.4, -0.2) is 77.9 Å². The van der Waals surface area contributed by atoms with E-state index in [0.717, 1.165) is 71.2 Å². The summed E-state index contributed by atoms with van der Waals surface area (Å²) in [5.74, 6) is 0.934. The standard InChI is InChI=1S/C32H44N6O4S2/c1-32(2,3)24-9-10-26-23(17-24)18-27-30(34-26)43-31(35-27)28(40)19-21(12-15-38-14-6-7-25(39)13-16-38)22-8-11-29(33-20-22)36-44(41,42)37(4)5/h8,11,18,20-21,24H,6-7,9-10,12-17,19H2,1-5H3,(H,33,36)/t21-,24-/m0/s1. The summed E-state index contributed by atoms with van der Waals surface area (Å²) in [4.78, 5) is 42.8. The largest absolute Gasteiger partial charge is 0.303 e. The summed E-state index contributed by atoms with van der Waals surface area (Å²) in [5, 5.41) is 0.468. The maximum absolute atomic E-state index is 13.7. The van der Waals surface area contributed by atoms with Crippen molar-refractivity contribution in [3.8, 4) is 0 Å². The number of likely N-dealkylation sites (tertiary alicyclic amines) is 1. The van der Waals surface area contributed by atoms with Crippen molar-refractivity contribution in [2.75, 3.05) is 38.5 Å². The van der Waals surface area contributed by atoms with Gasteiger partial charge in [-0.1, -0.05) is 38.2 Å². The number of hydrogen-bond donors (Lipinski definition) is 1. The molecule has 1 aliphatic heterocycles. The molecule has 1 fully saturated rings. The average molecular weight is 641 g/mol. The van der Waals surface area contributed by atoms with E-state index in [-0.39, 0.29) is 29.4 Å². The van der Waals surface area contributed by atoms with E-state index in [2.05, 4.69) is 41.4 Å². The molecule has 12 heteroatoms. The molecule has 1 saturated heterocycles. The van der Waals surface area contributed by atoms with Crippen molar-refractivity contribution in [3.05, 3.63) is 46.2 Å². The summed E-state index contributed by atoms with van der Waals surface area (Å²) < 4.78 is 28.1. The molecule has 0 spiro atoms. The zero-order chi connectivity index (χ0) is 31.6. The van der Waals surface area contributed by atoms with Crippen molar-refractivity contribution in [2.45, 2.75) is 78.1 Å². The Balaban J connectivity index is 1.35. The number of nitrogens with zero attached hydrogens (tertiary/aromatic N) is 5. The SMILES string of the molecule is CN(C)S(=O)(=O)Nc1ccc([C@@H](CCN2CCCC(=O)CC2)CC(=O)c2nc3cc4c(nc3s2)CC[C@H](C(C)(C)C)C4)cn1. The van der Waals surface area contributed by atoms with Crippen LogP contribution in [-0.2, 0) is 27.8 Å². The highest BCUT2D eigenvalue weighted by atomic mass is 32.2. The quantitative estimate of drug-likeness (QED) is 0.298. The molecule has 0 aromatic carbocycles. The number of fused-ring (bicyclic) bond motifs is 2. The summed E-state index contributed by atoms with van der Waals surface area (Å²) in [7, 11) is -0.785. The fourth-order valence-electron chi connectivity index (χ4n) is 6.08. The number of anilines is 1. The number of Topliss-reactive ketones (excluding diaryl/α,β-unsaturated/α-hetero) is 2. The van der Waals surface area contributed by atoms with Gasteiger partial charge in [0.15, 0.2) is 10.8 Å². The minimum Gasteiger partial charge on any atom is -0.303 e. The van der Waals surface area contributed by atoms with E-state index in [1.807, 2.05) is 6.07 Å². The highest BCUT2D eigenvalue weighted by molar-refractivity contribution is 7.90. The van der Waals surface area contributed by atoms with E-state index in [9.17, 15) is 18.0 Å². The molecule has 1 aliphatic carbocycles. The van der Waals surface area contributed by atoms with Crippen molar-refractivity contribution in [1.82, 2.24) is 24.2 Å². The number of ketones is 2. The zero-order valence-electron chi connectivity index (χ0n) is 26.4. The van der Waals surface area contributed by atoms with E-state index in [1.165, 1.54) is 31.0 Å².